The Labute approximate surface area is 197 Å². The van der Waals surface area contributed by atoms with E-state index in [1.165, 1.54) is 11.8 Å². The number of nitrogens with zero attached hydrogens (tertiary/aromatic N) is 5. The topological polar surface area (TPSA) is 102 Å². The van der Waals surface area contributed by atoms with Gasteiger partial charge in [-0.1, -0.05) is 24.8 Å². The van der Waals surface area contributed by atoms with Gasteiger partial charge in [-0.2, -0.15) is 0 Å². The van der Waals surface area contributed by atoms with Crippen molar-refractivity contribution in [3.8, 4) is 11.3 Å². The number of imidazole rings is 1. The number of carbonyl (C=O) groups is 1. The molecule has 9 heteroatoms. The van der Waals surface area contributed by atoms with E-state index in [4.69, 9.17) is 4.98 Å². The molecule has 0 aliphatic carbocycles. The fourth-order valence-corrected chi connectivity index (χ4v) is 3.97. The number of amides is 1. The normalized spacial score (nSPS) is 14.2. The molecule has 0 radical (unpaired) electrons. The highest BCUT2D eigenvalue weighted by atomic mass is 16.1. The first-order chi connectivity index (χ1) is 16.6. The standard InChI is InChI=1S/C25H26N8O/c1-3-22(34)30-25-27-16-21(29-25)20-6-4-5-17-15-26-24(31-23(17)20)28-18-7-9-19(10-8-18)33-13-11-32(2)12-14-33/h3-10,15-16H,1,11-14H2,2H3,(H,26,28,31)(H2,27,29,30,34). The average Bonchev–Trinajstić information content (AvgIpc) is 3.32. The smallest absolute Gasteiger partial charge is 0.250 e. The van der Waals surface area contributed by atoms with Crippen LogP contribution in [0.15, 0.2) is 67.5 Å². The van der Waals surface area contributed by atoms with Crippen LogP contribution in [0.1, 0.15) is 0 Å². The van der Waals surface area contributed by atoms with Gasteiger partial charge in [0.1, 0.15) is 0 Å². The number of hydrogen-bond donors (Lipinski definition) is 3. The van der Waals surface area contributed by atoms with Crippen molar-refractivity contribution < 1.29 is 4.79 Å². The minimum absolute atomic E-state index is 0.328. The Bertz CT molecular complexity index is 1320. The second-order valence-electron chi connectivity index (χ2n) is 8.24. The highest BCUT2D eigenvalue weighted by Gasteiger charge is 2.14. The van der Waals surface area contributed by atoms with Gasteiger partial charge >= 0.3 is 0 Å². The fraction of sp³-hybridized carbons (Fsp3) is 0.200. The minimum Gasteiger partial charge on any atom is -0.369 e. The van der Waals surface area contributed by atoms with E-state index in [1.54, 1.807) is 12.4 Å². The Kier molecular flexibility index (Phi) is 5.92. The molecular weight excluding hydrogens is 428 g/mol. The molecule has 1 aliphatic heterocycles. The fourth-order valence-electron chi connectivity index (χ4n) is 3.97. The van der Waals surface area contributed by atoms with Gasteiger partial charge in [0.25, 0.3) is 0 Å². The zero-order chi connectivity index (χ0) is 23.5. The number of carbonyl (C=O) groups excluding carboxylic acids is 1. The van der Waals surface area contributed by atoms with Crippen LogP contribution in [0.5, 0.6) is 0 Å². The number of nitrogens with one attached hydrogen (secondary N) is 3. The van der Waals surface area contributed by atoms with Crippen LogP contribution in [-0.4, -0.2) is 64.0 Å². The van der Waals surface area contributed by atoms with Crippen LogP contribution >= 0.6 is 0 Å². The molecule has 1 saturated heterocycles. The van der Waals surface area contributed by atoms with E-state index >= 15 is 0 Å². The SMILES string of the molecule is C=CC(=O)Nc1ncc(-c2cccc3cnc(Nc4ccc(N5CCN(C)CC5)cc4)nc23)[nH]1. The molecule has 0 unspecified atom stereocenters. The number of aromatic nitrogens is 4. The molecule has 2 aromatic carbocycles. The Morgan fingerprint density at radius 3 is 2.62 bits per heavy atom. The summed E-state index contributed by atoms with van der Waals surface area (Å²) < 4.78 is 0. The van der Waals surface area contributed by atoms with Crippen LogP contribution in [0.25, 0.3) is 22.2 Å². The summed E-state index contributed by atoms with van der Waals surface area (Å²) in [5.41, 5.74) is 4.52. The third kappa shape index (κ3) is 4.60. The Morgan fingerprint density at radius 1 is 1.06 bits per heavy atom. The van der Waals surface area contributed by atoms with Crippen molar-refractivity contribution in [3.63, 3.8) is 0 Å². The van der Waals surface area contributed by atoms with Crippen molar-refractivity contribution in [1.29, 1.82) is 0 Å². The maximum absolute atomic E-state index is 11.6. The molecular formula is C25H26N8O. The van der Waals surface area contributed by atoms with Gasteiger partial charge in [-0.3, -0.25) is 10.1 Å². The number of likely N-dealkylation sites (N-methyl/N-ethyl adjacent to an activating group) is 1. The Balaban J connectivity index is 1.37. The summed E-state index contributed by atoms with van der Waals surface area (Å²) in [6.45, 7) is 7.67. The average molecular weight is 455 g/mol. The van der Waals surface area contributed by atoms with E-state index < -0.39 is 0 Å². The van der Waals surface area contributed by atoms with E-state index in [2.05, 4.69) is 73.3 Å². The van der Waals surface area contributed by atoms with Crippen LogP contribution in [0.2, 0.25) is 0 Å². The van der Waals surface area contributed by atoms with E-state index in [0.717, 1.165) is 54.0 Å². The van der Waals surface area contributed by atoms with E-state index in [-0.39, 0.29) is 5.91 Å². The van der Waals surface area contributed by atoms with Crippen LogP contribution < -0.4 is 15.5 Å². The number of hydrogen-bond acceptors (Lipinski definition) is 7. The first-order valence-electron chi connectivity index (χ1n) is 11.1. The van der Waals surface area contributed by atoms with Gasteiger partial charge in [0.05, 0.1) is 17.4 Å². The molecule has 0 atom stereocenters. The summed E-state index contributed by atoms with van der Waals surface area (Å²) in [6.07, 6.45) is 4.66. The largest absolute Gasteiger partial charge is 0.369 e. The number of rotatable bonds is 6. The highest BCUT2D eigenvalue weighted by molar-refractivity contribution is 5.98. The predicted octanol–water partition coefficient (Wildman–Crippen LogP) is 3.64. The maximum atomic E-state index is 11.6. The summed E-state index contributed by atoms with van der Waals surface area (Å²) in [4.78, 5) is 32.9. The van der Waals surface area contributed by atoms with Gasteiger partial charge < -0.3 is 20.1 Å². The number of benzene rings is 2. The lowest BCUT2D eigenvalue weighted by Gasteiger charge is -2.34. The summed E-state index contributed by atoms with van der Waals surface area (Å²) in [5, 5.41) is 6.84. The molecule has 34 heavy (non-hydrogen) atoms. The van der Waals surface area contributed by atoms with Gasteiger partial charge in [0, 0.05) is 54.7 Å². The molecule has 3 N–H and O–H groups in total. The van der Waals surface area contributed by atoms with Crippen molar-refractivity contribution in [1.82, 2.24) is 24.8 Å². The molecule has 1 fully saturated rings. The van der Waals surface area contributed by atoms with E-state index in [1.807, 2.05) is 18.2 Å². The second kappa shape index (κ2) is 9.32. The Hall–Kier alpha value is -4.24. The zero-order valence-electron chi connectivity index (χ0n) is 19.0. The van der Waals surface area contributed by atoms with Crippen molar-refractivity contribution in [2.75, 3.05) is 48.8 Å². The monoisotopic (exact) mass is 454 g/mol. The second-order valence-corrected chi connectivity index (χ2v) is 8.24. The van der Waals surface area contributed by atoms with E-state index in [0.29, 0.717) is 11.9 Å². The lowest BCUT2D eigenvalue weighted by atomic mass is 10.1. The zero-order valence-corrected chi connectivity index (χ0v) is 19.0. The maximum Gasteiger partial charge on any atom is 0.250 e. The Morgan fingerprint density at radius 2 is 1.85 bits per heavy atom. The molecule has 0 saturated carbocycles. The van der Waals surface area contributed by atoms with Crippen molar-refractivity contribution in [3.05, 3.63) is 67.5 Å². The molecule has 4 aromatic rings. The van der Waals surface area contributed by atoms with Crippen molar-refractivity contribution in [2.24, 2.45) is 0 Å². The molecule has 2 aromatic heterocycles. The van der Waals surface area contributed by atoms with Gasteiger partial charge in [0.2, 0.25) is 17.8 Å². The molecule has 3 heterocycles. The van der Waals surface area contributed by atoms with Crippen LogP contribution in [-0.2, 0) is 4.79 Å². The summed E-state index contributed by atoms with van der Waals surface area (Å²) in [5.74, 6) is 0.531. The molecule has 0 spiro atoms. The number of piperazine rings is 1. The van der Waals surface area contributed by atoms with Crippen molar-refractivity contribution in [2.45, 2.75) is 0 Å². The lowest BCUT2D eigenvalue weighted by Crippen LogP contribution is -2.44. The van der Waals surface area contributed by atoms with Gasteiger partial charge in [-0.25, -0.2) is 15.0 Å². The molecule has 172 valence electrons. The van der Waals surface area contributed by atoms with Crippen LogP contribution in [0.4, 0.5) is 23.3 Å². The number of para-hydroxylation sites is 1. The van der Waals surface area contributed by atoms with E-state index in [9.17, 15) is 4.79 Å². The third-order valence-electron chi connectivity index (χ3n) is 5.90. The molecule has 0 bridgehead atoms. The predicted molar refractivity (Wildman–Crippen MR) is 135 cm³/mol. The first-order valence-corrected chi connectivity index (χ1v) is 11.1. The molecule has 9 nitrogen and oxygen atoms in total. The summed E-state index contributed by atoms with van der Waals surface area (Å²) in [7, 11) is 2.16. The molecule has 1 aliphatic rings. The number of anilines is 4. The number of H-pyrrole nitrogens is 1. The third-order valence-corrected chi connectivity index (χ3v) is 5.90. The van der Waals surface area contributed by atoms with Crippen LogP contribution in [0.3, 0.4) is 0 Å². The lowest BCUT2D eigenvalue weighted by molar-refractivity contribution is -0.111. The number of aromatic amines is 1. The summed E-state index contributed by atoms with van der Waals surface area (Å²) in [6, 6.07) is 14.2. The number of fused-ring (bicyclic) bond motifs is 1. The van der Waals surface area contributed by atoms with Gasteiger partial charge in [0.15, 0.2) is 0 Å². The molecule has 1 amide bonds. The summed E-state index contributed by atoms with van der Waals surface area (Å²) >= 11 is 0. The first kappa shape index (κ1) is 21.6. The van der Waals surface area contributed by atoms with Gasteiger partial charge in [-0.05, 0) is 37.4 Å². The highest BCUT2D eigenvalue weighted by Crippen LogP contribution is 2.28. The minimum atomic E-state index is -0.328. The van der Waals surface area contributed by atoms with Crippen LogP contribution in [0, 0.1) is 0 Å². The van der Waals surface area contributed by atoms with Gasteiger partial charge in [-0.15, -0.1) is 0 Å². The quantitative estimate of drug-likeness (QED) is 0.382. The molecule has 5 rings (SSSR count). The van der Waals surface area contributed by atoms with Crippen molar-refractivity contribution >= 4 is 40.1 Å².